The number of benzene rings is 2. The van der Waals surface area contributed by atoms with Gasteiger partial charge in [0.25, 0.3) is 0 Å². The predicted molar refractivity (Wildman–Crippen MR) is 77.7 cm³/mol. The first-order chi connectivity index (χ1) is 10.2. The third-order valence-corrected chi connectivity index (χ3v) is 3.21. The monoisotopic (exact) mass is 285 g/mol. The van der Waals surface area contributed by atoms with Crippen molar-refractivity contribution >= 4 is 5.69 Å². The van der Waals surface area contributed by atoms with Gasteiger partial charge in [0.1, 0.15) is 0 Å². The zero-order chi connectivity index (χ0) is 14.7. The maximum atomic E-state index is 13.5. The van der Waals surface area contributed by atoms with Crippen LogP contribution in [0.5, 0.6) is 0 Å². The summed E-state index contributed by atoms with van der Waals surface area (Å²) in [4.78, 5) is 0. The van der Waals surface area contributed by atoms with E-state index in [0.29, 0.717) is 5.56 Å². The molecule has 2 N–H and O–H groups in total. The summed E-state index contributed by atoms with van der Waals surface area (Å²) in [6.45, 7) is 0.229. The summed E-state index contributed by atoms with van der Waals surface area (Å²) in [5.41, 5.74) is 3.07. The summed E-state index contributed by atoms with van der Waals surface area (Å²) < 4.78 is 26.6. The summed E-state index contributed by atoms with van der Waals surface area (Å²) >= 11 is 0. The smallest absolute Gasteiger partial charge is 0.163 e. The molecule has 3 rings (SSSR count). The van der Waals surface area contributed by atoms with E-state index in [1.165, 1.54) is 6.07 Å². The van der Waals surface area contributed by atoms with Crippen LogP contribution in [0.4, 0.5) is 14.5 Å². The minimum atomic E-state index is -0.830. The van der Waals surface area contributed by atoms with Crippen LogP contribution >= 0.6 is 0 Å². The van der Waals surface area contributed by atoms with Crippen molar-refractivity contribution < 1.29 is 8.78 Å². The molecule has 0 radical (unpaired) electrons. The van der Waals surface area contributed by atoms with Crippen LogP contribution in [0, 0.1) is 11.6 Å². The molecule has 3 aromatic rings. The summed E-state index contributed by atoms with van der Waals surface area (Å²) in [5.74, 6) is -1.64. The van der Waals surface area contributed by atoms with Gasteiger partial charge in [0, 0.05) is 24.0 Å². The number of nitrogens with zero attached hydrogens (tertiary/aromatic N) is 1. The third-order valence-electron chi connectivity index (χ3n) is 3.21. The van der Waals surface area contributed by atoms with Crippen molar-refractivity contribution in [1.82, 2.24) is 10.2 Å². The van der Waals surface area contributed by atoms with Gasteiger partial charge in [-0.15, -0.1) is 0 Å². The lowest BCUT2D eigenvalue weighted by Gasteiger charge is -2.08. The van der Waals surface area contributed by atoms with E-state index in [1.54, 1.807) is 12.3 Å². The molecule has 0 aliphatic carbocycles. The van der Waals surface area contributed by atoms with Crippen molar-refractivity contribution in [2.24, 2.45) is 0 Å². The highest BCUT2D eigenvalue weighted by Crippen LogP contribution is 2.20. The zero-order valence-electron chi connectivity index (χ0n) is 11.1. The molecule has 0 aliphatic heterocycles. The molecule has 106 valence electrons. The van der Waals surface area contributed by atoms with Crippen molar-refractivity contribution in [2.45, 2.75) is 6.54 Å². The maximum absolute atomic E-state index is 13.5. The average Bonchev–Trinajstić information content (AvgIpc) is 3.04. The van der Waals surface area contributed by atoms with Gasteiger partial charge in [-0.1, -0.05) is 24.3 Å². The Labute approximate surface area is 120 Å². The quantitative estimate of drug-likeness (QED) is 0.761. The van der Waals surface area contributed by atoms with E-state index in [9.17, 15) is 8.78 Å². The van der Waals surface area contributed by atoms with E-state index in [0.717, 1.165) is 23.0 Å². The second kappa shape index (κ2) is 5.75. The third kappa shape index (κ3) is 2.91. The molecule has 3 nitrogen and oxygen atoms in total. The molecule has 0 unspecified atom stereocenters. The van der Waals surface area contributed by atoms with Crippen molar-refractivity contribution in [3.05, 3.63) is 71.9 Å². The predicted octanol–water partition coefficient (Wildman–Crippen LogP) is 3.97. The number of halogens is 2. The molecule has 1 aromatic heterocycles. The Morgan fingerprint density at radius 3 is 2.52 bits per heavy atom. The molecule has 0 aliphatic rings. The molecule has 5 heteroatoms. The van der Waals surface area contributed by atoms with E-state index >= 15 is 0 Å². The van der Waals surface area contributed by atoms with Crippen LogP contribution in [-0.4, -0.2) is 10.2 Å². The van der Waals surface area contributed by atoms with Crippen molar-refractivity contribution in [3.63, 3.8) is 0 Å². The van der Waals surface area contributed by atoms with E-state index in [-0.39, 0.29) is 6.54 Å². The number of hydrogen-bond acceptors (Lipinski definition) is 2. The lowest BCUT2D eigenvalue weighted by atomic mass is 10.1. The molecule has 1 heterocycles. The molecule has 0 atom stereocenters. The summed E-state index contributed by atoms with van der Waals surface area (Å²) in [7, 11) is 0. The molecule has 0 saturated carbocycles. The van der Waals surface area contributed by atoms with Gasteiger partial charge in [0.2, 0.25) is 0 Å². The van der Waals surface area contributed by atoms with Crippen LogP contribution < -0.4 is 5.32 Å². The maximum Gasteiger partial charge on any atom is 0.163 e. The highest BCUT2D eigenvalue weighted by molar-refractivity contribution is 5.62. The van der Waals surface area contributed by atoms with Gasteiger partial charge in [-0.2, -0.15) is 5.10 Å². The number of aromatic nitrogens is 2. The fourth-order valence-electron chi connectivity index (χ4n) is 2.07. The van der Waals surface area contributed by atoms with Crippen molar-refractivity contribution in [1.29, 1.82) is 0 Å². The normalized spacial score (nSPS) is 10.6. The number of anilines is 1. The van der Waals surface area contributed by atoms with Crippen LogP contribution in [0.25, 0.3) is 11.3 Å². The van der Waals surface area contributed by atoms with E-state index < -0.39 is 11.6 Å². The van der Waals surface area contributed by atoms with Crippen LogP contribution in [0.1, 0.15) is 5.56 Å². The molecular weight excluding hydrogens is 272 g/mol. The molecule has 0 fully saturated rings. The minimum Gasteiger partial charge on any atom is -0.381 e. The first kappa shape index (κ1) is 13.3. The van der Waals surface area contributed by atoms with E-state index in [4.69, 9.17) is 0 Å². The minimum absolute atomic E-state index is 0.229. The topological polar surface area (TPSA) is 40.7 Å². The molecule has 0 saturated heterocycles. The molecule has 0 amide bonds. The Hall–Kier alpha value is -2.69. The van der Waals surface area contributed by atoms with Crippen LogP contribution in [0.2, 0.25) is 0 Å². The van der Waals surface area contributed by atoms with Crippen LogP contribution in [0.15, 0.2) is 54.7 Å². The standard InChI is InChI=1S/C16H13F2N3/c17-14-3-1-2-12(16(14)18)10-19-13-6-4-11(5-7-13)15-8-9-20-21-15/h1-9,19H,10H2,(H,20,21). The Morgan fingerprint density at radius 2 is 1.81 bits per heavy atom. The van der Waals surface area contributed by atoms with Gasteiger partial charge in [-0.25, -0.2) is 8.78 Å². The Bertz CT molecular complexity index is 722. The lowest BCUT2D eigenvalue weighted by molar-refractivity contribution is 0.500. The Morgan fingerprint density at radius 1 is 1.00 bits per heavy atom. The van der Waals surface area contributed by atoms with Gasteiger partial charge in [0.15, 0.2) is 11.6 Å². The van der Waals surface area contributed by atoms with Crippen molar-refractivity contribution in [3.8, 4) is 11.3 Å². The van der Waals surface area contributed by atoms with Gasteiger partial charge < -0.3 is 5.32 Å². The highest BCUT2D eigenvalue weighted by atomic mass is 19.2. The number of aromatic amines is 1. The first-order valence-electron chi connectivity index (χ1n) is 6.50. The average molecular weight is 285 g/mol. The van der Waals surface area contributed by atoms with Crippen molar-refractivity contribution in [2.75, 3.05) is 5.32 Å². The zero-order valence-corrected chi connectivity index (χ0v) is 11.1. The molecule has 21 heavy (non-hydrogen) atoms. The summed E-state index contributed by atoms with van der Waals surface area (Å²) in [6.07, 6.45) is 1.69. The van der Waals surface area contributed by atoms with Gasteiger partial charge in [-0.05, 0) is 29.8 Å². The SMILES string of the molecule is Fc1cccc(CNc2ccc(-c3ccn[nH]3)cc2)c1F. The molecule has 0 spiro atoms. The van der Waals surface area contributed by atoms with Gasteiger partial charge in [-0.3, -0.25) is 5.10 Å². The lowest BCUT2D eigenvalue weighted by Crippen LogP contribution is -2.03. The number of nitrogens with one attached hydrogen (secondary N) is 2. The van der Waals surface area contributed by atoms with E-state index in [1.807, 2.05) is 30.3 Å². The van der Waals surface area contributed by atoms with Crippen LogP contribution in [0.3, 0.4) is 0 Å². The molecule has 0 bridgehead atoms. The van der Waals surface area contributed by atoms with E-state index in [2.05, 4.69) is 15.5 Å². The Kier molecular flexibility index (Phi) is 3.64. The fourth-order valence-corrected chi connectivity index (χ4v) is 2.07. The van der Waals surface area contributed by atoms with Gasteiger partial charge in [0.05, 0.1) is 5.69 Å². The molecule has 2 aromatic carbocycles. The second-order valence-electron chi connectivity index (χ2n) is 4.61. The number of hydrogen-bond donors (Lipinski definition) is 2. The number of H-pyrrole nitrogens is 1. The van der Waals surface area contributed by atoms with Gasteiger partial charge >= 0.3 is 0 Å². The highest BCUT2D eigenvalue weighted by Gasteiger charge is 2.07. The largest absolute Gasteiger partial charge is 0.381 e. The Balaban J connectivity index is 1.70. The summed E-state index contributed by atoms with van der Waals surface area (Å²) in [6, 6.07) is 13.7. The summed E-state index contributed by atoms with van der Waals surface area (Å²) in [5, 5.41) is 9.85. The first-order valence-corrected chi connectivity index (χ1v) is 6.50. The van der Waals surface area contributed by atoms with Crippen LogP contribution in [-0.2, 0) is 6.54 Å². The second-order valence-corrected chi connectivity index (χ2v) is 4.61. The molecular formula is C16H13F2N3. The number of rotatable bonds is 4. The fraction of sp³-hybridized carbons (Fsp3) is 0.0625.